The Balaban J connectivity index is 1.92. The maximum Gasteiger partial charge on any atom is 0.0715 e. The minimum absolute atomic E-state index is 0.952. The molecule has 0 radical (unpaired) electrons. The van der Waals surface area contributed by atoms with Crippen LogP contribution in [0.1, 0.15) is 27.7 Å². The molecule has 0 unspecified atom stereocenters. The van der Waals surface area contributed by atoms with Crippen LogP contribution in [0, 0.1) is 0 Å². The highest BCUT2D eigenvalue weighted by molar-refractivity contribution is 5.86. The van der Waals surface area contributed by atoms with Crippen LogP contribution in [0.25, 0.3) is 33.6 Å². The Labute approximate surface area is 241 Å². The second kappa shape index (κ2) is 12.9. The monoisotopic (exact) mass is 535 g/mol. The van der Waals surface area contributed by atoms with Gasteiger partial charge < -0.3 is 19.6 Å². The number of pyridine rings is 1. The van der Waals surface area contributed by atoms with Crippen LogP contribution >= 0.6 is 0 Å². The predicted molar refractivity (Wildman–Crippen MR) is 176 cm³/mol. The molecular formula is C35H45N5. The quantitative estimate of drug-likeness (QED) is 0.194. The van der Waals surface area contributed by atoms with Crippen molar-refractivity contribution in [2.75, 3.05) is 74.0 Å². The smallest absolute Gasteiger partial charge is 0.0715 e. The zero-order valence-electron chi connectivity index (χ0n) is 25.6. The third-order valence-corrected chi connectivity index (χ3v) is 7.71. The van der Waals surface area contributed by atoms with Gasteiger partial charge in [0.15, 0.2) is 0 Å². The molecule has 40 heavy (non-hydrogen) atoms. The zero-order chi connectivity index (χ0) is 28.8. The summed E-state index contributed by atoms with van der Waals surface area (Å²) >= 11 is 0. The lowest BCUT2D eigenvalue weighted by Crippen LogP contribution is -2.25. The summed E-state index contributed by atoms with van der Waals surface area (Å²) in [6, 6.07) is 28.8. The first-order valence-electron chi connectivity index (χ1n) is 14.5. The minimum Gasteiger partial charge on any atom is -0.378 e. The highest BCUT2D eigenvalue weighted by Gasteiger charge is 2.17. The molecule has 1 aromatic heterocycles. The van der Waals surface area contributed by atoms with E-state index < -0.39 is 0 Å². The lowest BCUT2D eigenvalue weighted by molar-refractivity contribution is 0.852. The summed E-state index contributed by atoms with van der Waals surface area (Å²) in [5, 5.41) is 0. The fourth-order valence-electron chi connectivity index (χ4n) is 5.22. The van der Waals surface area contributed by atoms with E-state index in [4.69, 9.17) is 4.98 Å². The van der Waals surface area contributed by atoms with Crippen molar-refractivity contribution in [2.24, 2.45) is 0 Å². The summed E-state index contributed by atoms with van der Waals surface area (Å²) in [5.74, 6) is 0. The average Bonchev–Trinajstić information content (AvgIpc) is 2.98. The minimum atomic E-state index is 0.952. The highest BCUT2D eigenvalue weighted by Crippen LogP contribution is 2.38. The second-order valence-electron chi connectivity index (χ2n) is 10.6. The fraction of sp³-hybridized carbons (Fsp3) is 0.343. The Kier molecular flexibility index (Phi) is 9.36. The molecule has 0 aliphatic rings. The first-order valence-corrected chi connectivity index (χ1v) is 14.5. The molecule has 0 aliphatic carbocycles. The van der Waals surface area contributed by atoms with Gasteiger partial charge in [0.2, 0.25) is 0 Å². The summed E-state index contributed by atoms with van der Waals surface area (Å²) in [4.78, 5) is 14.3. The van der Waals surface area contributed by atoms with Gasteiger partial charge in [0, 0.05) is 93.8 Å². The molecule has 3 aromatic carbocycles. The largest absolute Gasteiger partial charge is 0.378 e. The highest BCUT2D eigenvalue weighted by atomic mass is 15.1. The summed E-state index contributed by atoms with van der Waals surface area (Å²) in [5.41, 5.74) is 11.5. The van der Waals surface area contributed by atoms with Crippen molar-refractivity contribution < 1.29 is 0 Å². The second-order valence-corrected chi connectivity index (χ2v) is 10.6. The third kappa shape index (κ3) is 6.25. The molecular weight excluding hydrogens is 490 g/mol. The van der Waals surface area contributed by atoms with Crippen molar-refractivity contribution in [3.05, 3.63) is 78.9 Å². The number of rotatable bonds is 11. The van der Waals surface area contributed by atoms with E-state index in [0.29, 0.717) is 0 Å². The van der Waals surface area contributed by atoms with Crippen LogP contribution < -0.4 is 19.6 Å². The van der Waals surface area contributed by atoms with Gasteiger partial charge in [-0.2, -0.15) is 0 Å². The van der Waals surface area contributed by atoms with Crippen molar-refractivity contribution in [3.63, 3.8) is 0 Å². The van der Waals surface area contributed by atoms with Crippen LogP contribution in [0.3, 0.4) is 0 Å². The number of hydrogen-bond acceptors (Lipinski definition) is 5. The fourth-order valence-corrected chi connectivity index (χ4v) is 5.22. The van der Waals surface area contributed by atoms with Crippen molar-refractivity contribution in [1.82, 2.24) is 4.98 Å². The first kappa shape index (κ1) is 29.0. The molecule has 0 aliphatic heterocycles. The topological polar surface area (TPSA) is 25.9 Å². The Bertz CT molecular complexity index is 1310. The molecule has 0 atom stereocenters. The van der Waals surface area contributed by atoms with Crippen LogP contribution in [-0.4, -0.2) is 59.4 Å². The Morgan fingerprint density at radius 2 is 0.900 bits per heavy atom. The van der Waals surface area contributed by atoms with Crippen LogP contribution in [0.2, 0.25) is 0 Å². The molecule has 0 saturated heterocycles. The predicted octanol–water partition coefficient (Wildman–Crippen LogP) is 7.91. The Hall–Kier alpha value is -3.99. The Morgan fingerprint density at radius 3 is 1.30 bits per heavy atom. The van der Waals surface area contributed by atoms with Crippen molar-refractivity contribution >= 4 is 22.7 Å². The average molecular weight is 536 g/mol. The van der Waals surface area contributed by atoms with Crippen molar-refractivity contribution in [3.8, 4) is 33.6 Å². The number of benzene rings is 3. The molecule has 5 nitrogen and oxygen atoms in total. The van der Waals surface area contributed by atoms with Crippen LogP contribution in [0.5, 0.6) is 0 Å². The van der Waals surface area contributed by atoms with E-state index in [2.05, 4.69) is 154 Å². The van der Waals surface area contributed by atoms with E-state index in [1.807, 2.05) is 0 Å². The maximum absolute atomic E-state index is 5.19. The van der Waals surface area contributed by atoms with E-state index in [1.165, 1.54) is 33.9 Å². The summed E-state index contributed by atoms with van der Waals surface area (Å²) in [6.07, 6.45) is 0. The molecule has 0 bridgehead atoms. The zero-order valence-corrected chi connectivity index (χ0v) is 25.6. The Morgan fingerprint density at radius 1 is 0.475 bits per heavy atom. The number of aromatic nitrogens is 1. The molecule has 210 valence electrons. The molecule has 5 heteroatoms. The molecule has 0 spiro atoms. The van der Waals surface area contributed by atoms with Crippen LogP contribution in [0.15, 0.2) is 78.9 Å². The van der Waals surface area contributed by atoms with Gasteiger partial charge >= 0.3 is 0 Å². The molecule has 0 fully saturated rings. The summed E-state index contributed by atoms with van der Waals surface area (Å²) in [6.45, 7) is 12.8. The summed E-state index contributed by atoms with van der Waals surface area (Å²) in [7, 11) is 8.28. The van der Waals surface area contributed by atoms with Crippen molar-refractivity contribution in [2.45, 2.75) is 27.7 Å². The van der Waals surface area contributed by atoms with Gasteiger partial charge in [-0.05, 0) is 81.8 Å². The lowest BCUT2D eigenvalue weighted by atomic mass is 9.97. The van der Waals surface area contributed by atoms with Gasteiger partial charge in [0.1, 0.15) is 0 Å². The van der Waals surface area contributed by atoms with E-state index in [0.717, 1.165) is 48.7 Å². The molecule has 4 rings (SSSR count). The van der Waals surface area contributed by atoms with E-state index in [9.17, 15) is 0 Å². The van der Waals surface area contributed by atoms with Crippen LogP contribution in [-0.2, 0) is 0 Å². The first-order chi connectivity index (χ1) is 19.3. The van der Waals surface area contributed by atoms with Gasteiger partial charge in [0.05, 0.1) is 11.4 Å². The lowest BCUT2D eigenvalue weighted by Gasteiger charge is -2.28. The number of anilines is 4. The van der Waals surface area contributed by atoms with Crippen molar-refractivity contribution in [1.29, 1.82) is 0 Å². The molecule has 4 aromatic rings. The normalized spacial score (nSPS) is 10.9. The van der Waals surface area contributed by atoms with Gasteiger partial charge in [-0.15, -0.1) is 0 Å². The molecule has 1 heterocycles. The van der Waals surface area contributed by atoms with E-state index >= 15 is 0 Å². The van der Waals surface area contributed by atoms with Gasteiger partial charge in [-0.1, -0.05) is 30.3 Å². The van der Waals surface area contributed by atoms with Crippen LogP contribution in [0.4, 0.5) is 22.7 Å². The van der Waals surface area contributed by atoms with E-state index in [1.54, 1.807) is 0 Å². The standard InChI is InChI=1S/C35H45N5/c1-9-39(10-2)31-21-22-32(35(25-31)40(11-3)12-4)28-23-33(26-13-17-29(18-14-26)37(5)6)36-34(24-28)27-15-19-30(20-16-27)38(7)8/h13-25H,9-12H2,1-8H3. The molecule has 0 saturated carbocycles. The van der Waals surface area contributed by atoms with Gasteiger partial charge in [-0.3, -0.25) is 0 Å². The molecule has 0 amide bonds. The third-order valence-electron chi connectivity index (χ3n) is 7.71. The van der Waals surface area contributed by atoms with E-state index in [-0.39, 0.29) is 0 Å². The van der Waals surface area contributed by atoms with Gasteiger partial charge in [0.25, 0.3) is 0 Å². The maximum atomic E-state index is 5.19. The summed E-state index contributed by atoms with van der Waals surface area (Å²) < 4.78 is 0. The number of nitrogens with zero attached hydrogens (tertiary/aromatic N) is 5. The number of hydrogen-bond donors (Lipinski definition) is 0. The SMILES string of the molecule is CCN(CC)c1ccc(-c2cc(-c3ccc(N(C)C)cc3)nc(-c3ccc(N(C)C)cc3)c2)c(N(CC)CC)c1. The molecule has 0 N–H and O–H groups in total. The van der Waals surface area contributed by atoms with Gasteiger partial charge in [-0.25, -0.2) is 4.98 Å².